The number of nitrogens with one attached hydrogen (secondary N) is 1. The fraction of sp³-hybridized carbons (Fsp3) is 1.00. The van der Waals surface area contributed by atoms with Crippen molar-refractivity contribution >= 4 is 0 Å². The van der Waals surface area contributed by atoms with Gasteiger partial charge in [-0.2, -0.15) is 0 Å². The van der Waals surface area contributed by atoms with Gasteiger partial charge in [-0.25, -0.2) is 0 Å². The summed E-state index contributed by atoms with van der Waals surface area (Å²) in [4.78, 5) is 0. The zero-order valence-electron chi connectivity index (χ0n) is 10.4. The number of ether oxygens (including phenoxy) is 2. The van der Waals surface area contributed by atoms with E-state index < -0.39 is 0 Å². The summed E-state index contributed by atoms with van der Waals surface area (Å²) in [5.74, 6) is 0.822. The average Bonchev–Trinajstić information content (AvgIpc) is 2.53. The van der Waals surface area contributed by atoms with E-state index in [0.29, 0.717) is 18.9 Å². The molecule has 1 saturated heterocycles. The molecule has 0 aromatic heterocycles. The van der Waals surface area contributed by atoms with Gasteiger partial charge in [-0.05, 0) is 25.2 Å². The molecule has 16 heavy (non-hydrogen) atoms. The van der Waals surface area contributed by atoms with E-state index in [0.717, 1.165) is 25.5 Å². The van der Waals surface area contributed by atoms with Gasteiger partial charge in [-0.3, -0.25) is 0 Å². The second-order valence-electron chi connectivity index (χ2n) is 5.23. The number of rotatable bonds is 3. The Morgan fingerprint density at radius 1 is 1.12 bits per heavy atom. The van der Waals surface area contributed by atoms with Gasteiger partial charge in [0, 0.05) is 12.6 Å². The van der Waals surface area contributed by atoms with E-state index in [1.165, 1.54) is 32.1 Å². The minimum absolute atomic E-state index is 0.365. The summed E-state index contributed by atoms with van der Waals surface area (Å²) in [7, 11) is 0. The van der Waals surface area contributed by atoms with Crippen molar-refractivity contribution < 1.29 is 9.47 Å². The summed E-state index contributed by atoms with van der Waals surface area (Å²) < 4.78 is 10.7. The van der Waals surface area contributed by atoms with Gasteiger partial charge in [0.05, 0.1) is 12.7 Å². The molecule has 3 unspecified atom stereocenters. The van der Waals surface area contributed by atoms with Crippen molar-refractivity contribution in [1.29, 1.82) is 0 Å². The van der Waals surface area contributed by atoms with E-state index >= 15 is 0 Å². The van der Waals surface area contributed by atoms with Gasteiger partial charge in [0.1, 0.15) is 6.79 Å². The molecule has 0 radical (unpaired) electrons. The minimum Gasteiger partial charge on any atom is -0.355 e. The first-order valence-corrected chi connectivity index (χ1v) is 6.79. The standard InChI is InChI=1S/C13H25NO2/c1-11-5-3-2-4-6-13(11)14-9-12-7-8-15-10-16-12/h11-14H,2-10H2,1H3. The van der Waals surface area contributed by atoms with Crippen LogP contribution in [-0.2, 0) is 9.47 Å². The quantitative estimate of drug-likeness (QED) is 0.751. The molecule has 1 aliphatic carbocycles. The minimum atomic E-state index is 0.365. The van der Waals surface area contributed by atoms with Gasteiger partial charge < -0.3 is 14.8 Å². The molecule has 1 saturated carbocycles. The number of hydrogen-bond donors (Lipinski definition) is 1. The fourth-order valence-corrected chi connectivity index (χ4v) is 2.74. The van der Waals surface area contributed by atoms with E-state index in [1.807, 2.05) is 0 Å². The topological polar surface area (TPSA) is 30.5 Å². The lowest BCUT2D eigenvalue weighted by atomic mass is 9.97. The molecule has 0 bridgehead atoms. The predicted molar refractivity (Wildman–Crippen MR) is 64.3 cm³/mol. The molecular weight excluding hydrogens is 202 g/mol. The Labute approximate surface area is 98.9 Å². The maximum atomic E-state index is 5.55. The summed E-state index contributed by atoms with van der Waals surface area (Å²) >= 11 is 0. The van der Waals surface area contributed by atoms with E-state index in [2.05, 4.69) is 12.2 Å². The Bertz CT molecular complexity index is 192. The molecule has 1 aliphatic heterocycles. The zero-order valence-corrected chi connectivity index (χ0v) is 10.4. The lowest BCUT2D eigenvalue weighted by Crippen LogP contribution is -2.41. The van der Waals surface area contributed by atoms with Gasteiger partial charge in [0.2, 0.25) is 0 Å². The third-order valence-electron chi connectivity index (χ3n) is 3.94. The van der Waals surface area contributed by atoms with Crippen LogP contribution in [0.2, 0.25) is 0 Å². The second-order valence-corrected chi connectivity index (χ2v) is 5.23. The van der Waals surface area contributed by atoms with Crippen LogP contribution in [0.25, 0.3) is 0 Å². The maximum absolute atomic E-state index is 5.55. The van der Waals surface area contributed by atoms with Crippen molar-refractivity contribution in [3.05, 3.63) is 0 Å². The lowest BCUT2D eigenvalue weighted by molar-refractivity contribution is -0.137. The smallest absolute Gasteiger partial charge is 0.147 e. The van der Waals surface area contributed by atoms with Crippen LogP contribution >= 0.6 is 0 Å². The highest BCUT2D eigenvalue weighted by Gasteiger charge is 2.21. The maximum Gasteiger partial charge on any atom is 0.147 e. The second kappa shape index (κ2) is 6.58. The SMILES string of the molecule is CC1CCCCCC1NCC1CCOCO1. The Balaban J connectivity index is 1.70. The fourth-order valence-electron chi connectivity index (χ4n) is 2.74. The summed E-state index contributed by atoms with van der Waals surface area (Å²) in [6.07, 6.45) is 8.33. The summed E-state index contributed by atoms with van der Waals surface area (Å²) in [5.41, 5.74) is 0. The highest BCUT2D eigenvalue weighted by Crippen LogP contribution is 2.23. The lowest BCUT2D eigenvalue weighted by Gasteiger charge is -2.28. The molecule has 2 fully saturated rings. The largest absolute Gasteiger partial charge is 0.355 e. The summed E-state index contributed by atoms with van der Waals surface area (Å²) in [6, 6.07) is 0.703. The molecule has 1 heterocycles. The van der Waals surface area contributed by atoms with E-state index in [9.17, 15) is 0 Å². The predicted octanol–water partition coefficient (Wildman–Crippen LogP) is 2.31. The molecule has 3 atom stereocenters. The monoisotopic (exact) mass is 227 g/mol. The van der Waals surface area contributed by atoms with Crippen LogP contribution in [0, 0.1) is 5.92 Å². The third-order valence-corrected chi connectivity index (χ3v) is 3.94. The Hall–Kier alpha value is -0.120. The van der Waals surface area contributed by atoms with E-state index in [1.54, 1.807) is 0 Å². The number of hydrogen-bond acceptors (Lipinski definition) is 3. The third kappa shape index (κ3) is 3.72. The molecule has 2 rings (SSSR count). The first-order valence-electron chi connectivity index (χ1n) is 6.79. The van der Waals surface area contributed by atoms with Crippen molar-refractivity contribution in [2.75, 3.05) is 19.9 Å². The molecule has 1 N–H and O–H groups in total. The van der Waals surface area contributed by atoms with Gasteiger partial charge >= 0.3 is 0 Å². The van der Waals surface area contributed by atoms with E-state index in [4.69, 9.17) is 9.47 Å². The molecule has 0 amide bonds. The van der Waals surface area contributed by atoms with Gasteiger partial charge in [-0.1, -0.05) is 26.2 Å². The average molecular weight is 227 g/mol. The molecule has 2 aliphatic rings. The Kier molecular flexibility index (Phi) is 5.07. The Morgan fingerprint density at radius 3 is 2.81 bits per heavy atom. The first-order chi connectivity index (χ1) is 7.86. The summed E-state index contributed by atoms with van der Waals surface area (Å²) in [6.45, 7) is 4.71. The van der Waals surface area contributed by atoms with Crippen LogP contribution in [0.4, 0.5) is 0 Å². The van der Waals surface area contributed by atoms with Crippen molar-refractivity contribution in [2.24, 2.45) is 5.92 Å². The highest BCUT2D eigenvalue weighted by molar-refractivity contribution is 4.78. The van der Waals surface area contributed by atoms with Gasteiger partial charge in [0.15, 0.2) is 0 Å². The molecule has 0 spiro atoms. The molecule has 0 aromatic carbocycles. The van der Waals surface area contributed by atoms with Crippen molar-refractivity contribution in [2.45, 2.75) is 57.6 Å². The van der Waals surface area contributed by atoms with Crippen LogP contribution in [0.1, 0.15) is 45.4 Å². The summed E-state index contributed by atoms with van der Waals surface area (Å²) in [5, 5.41) is 3.70. The zero-order chi connectivity index (χ0) is 11.2. The van der Waals surface area contributed by atoms with E-state index in [-0.39, 0.29) is 0 Å². The molecule has 0 aromatic rings. The van der Waals surface area contributed by atoms with Crippen molar-refractivity contribution in [3.63, 3.8) is 0 Å². The van der Waals surface area contributed by atoms with Crippen LogP contribution in [0.5, 0.6) is 0 Å². The van der Waals surface area contributed by atoms with Crippen LogP contribution in [-0.4, -0.2) is 32.1 Å². The van der Waals surface area contributed by atoms with Gasteiger partial charge in [0.25, 0.3) is 0 Å². The van der Waals surface area contributed by atoms with Crippen molar-refractivity contribution in [1.82, 2.24) is 5.32 Å². The van der Waals surface area contributed by atoms with Crippen molar-refractivity contribution in [3.8, 4) is 0 Å². The molecule has 94 valence electrons. The van der Waals surface area contributed by atoms with Gasteiger partial charge in [-0.15, -0.1) is 0 Å². The molecule has 3 heteroatoms. The van der Waals surface area contributed by atoms with Crippen LogP contribution in [0.15, 0.2) is 0 Å². The molecule has 3 nitrogen and oxygen atoms in total. The molecular formula is C13H25NO2. The normalized spacial score (nSPS) is 36.9. The van der Waals surface area contributed by atoms with Crippen LogP contribution in [0.3, 0.4) is 0 Å². The van der Waals surface area contributed by atoms with Crippen LogP contribution < -0.4 is 5.32 Å². The Morgan fingerprint density at radius 2 is 2.00 bits per heavy atom. The highest BCUT2D eigenvalue weighted by atomic mass is 16.7. The first kappa shape index (κ1) is 12.3.